The molecular formula is C56H58N2. The van der Waals surface area contributed by atoms with Crippen LogP contribution in [0.1, 0.15) is 87.9 Å². The van der Waals surface area contributed by atoms with Crippen LogP contribution in [0.15, 0.2) is 188 Å². The van der Waals surface area contributed by atoms with Crippen molar-refractivity contribution in [1.29, 1.82) is 0 Å². The zero-order valence-electron chi connectivity index (χ0n) is 35.3. The molecule has 2 heteroatoms. The highest BCUT2D eigenvalue weighted by molar-refractivity contribution is 5.96. The van der Waals surface area contributed by atoms with Crippen LogP contribution in [0.5, 0.6) is 0 Å². The number of anilines is 1. The van der Waals surface area contributed by atoms with Gasteiger partial charge in [0.25, 0.3) is 0 Å². The molecule has 5 aromatic carbocycles. The monoisotopic (exact) mass is 758 g/mol. The third-order valence-electron chi connectivity index (χ3n) is 10.4. The van der Waals surface area contributed by atoms with Gasteiger partial charge in [0.2, 0.25) is 0 Å². The minimum absolute atomic E-state index is 0.834. The summed E-state index contributed by atoms with van der Waals surface area (Å²) >= 11 is 0. The van der Waals surface area contributed by atoms with Gasteiger partial charge >= 0.3 is 0 Å². The summed E-state index contributed by atoms with van der Waals surface area (Å²) < 4.78 is 2.43. The van der Waals surface area contributed by atoms with Gasteiger partial charge in [0.05, 0.1) is 5.52 Å². The van der Waals surface area contributed by atoms with E-state index in [1.54, 1.807) is 0 Å². The molecule has 0 saturated heterocycles. The molecule has 0 unspecified atom stereocenters. The van der Waals surface area contributed by atoms with Gasteiger partial charge in [-0.15, -0.1) is 0 Å². The first kappa shape index (κ1) is 41.3. The number of benzene rings is 5. The molecule has 0 fully saturated rings. The number of rotatable bonds is 7. The quantitative estimate of drug-likeness (QED) is 0.147. The Hall–Kier alpha value is -6.38. The Balaban J connectivity index is 0.00000108. The maximum absolute atomic E-state index is 4.70. The molecule has 0 radical (unpaired) electrons. The van der Waals surface area contributed by atoms with Crippen molar-refractivity contribution in [3.63, 3.8) is 0 Å². The molecule has 1 aliphatic carbocycles. The first-order valence-electron chi connectivity index (χ1n) is 21.0. The van der Waals surface area contributed by atoms with E-state index in [-0.39, 0.29) is 0 Å². The Bertz CT molecular complexity index is 2500. The van der Waals surface area contributed by atoms with E-state index in [0.717, 1.165) is 30.7 Å². The Kier molecular flexibility index (Phi) is 14.3. The summed E-state index contributed by atoms with van der Waals surface area (Å²) in [5.41, 5.74) is 16.8. The summed E-state index contributed by atoms with van der Waals surface area (Å²) in [4.78, 5) is 2.39. The molecule has 2 nitrogen and oxygen atoms in total. The number of para-hydroxylation sites is 2. The van der Waals surface area contributed by atoms with Crippen LogP contribution in [-0.4, -0.2) is 11.1 Å². The van der Waals surface area contributed by atoms with Crippen LogP contribution in [0, 0.1) is 0 Å². The number of aromatic nitrogens is 1. The van der Waals surface area contributed by atoms with E-state index in [9.17, 15) is 0 Å². The topological polar surface area (TPSA) is 8.17 Å². The Morgan fingerprint density at radius 1 is 0.724 bits per heavy atom. The highest BCUT2D eigenvalue weighted by Gasteiger charge is 2.21. The number of nitrogens with zero attached hydrogens (tertiary/aromatic N) is 2. The van der Waals surface area contributed by atoms with Crippen LogP contribution in [0.25, 0.3) is 45.0 Å². The normalized spacial score (nSPS) is 15.0. The summed E-state index contributed by atoms with van der Waals surface area (Å²) in [6.07, 6.45) is 21.4. The maximum atomic E-state index is 4.70. The first-order valence-corrected chi connectivity index (χ1v) is 21.0. The average molecular weight is 759 g/mol. The van der Waals surface area contributed by atoms with E-state index in [2.05, 4.69) is 219 Å². The molecule has 0 spiro atoms. The Morgan fingerprint density at radius 2 is 1.36 bits per heavy atom. The fraction of sp³-hybridized carbons (Fsp3) is 0.179. The van der Waals surface area contributed by atoms with Crippen LogP contribution < -0.4 is 4.90 Å². The summed E-state index contributed by atoms with van der Waals surface area (Å²) in [5, 5.41) is 1.28. The summed E-state index contributed by atoms with van der Waals surface area (Å²) in [6.45, 7) is 18.1. The molecule has 0 amide bonds. The van der Waals surface area contributed by atoms with E-state index in [4.69, 9.17) is 6.58 Å². The minimum atomic E-state index is 0.834. The molecule has 6 aromatic rings. The zero-order chi connectivity index (χ0) is 40.9. The number of allylic oxidation sites excluding steroid dienone is 10. The van der Waals surface area contributed by atoms with Gasteiger partial charge in [-0.3, -0.25) is 0 Å². The van der Waals surface area contributed by atoms with Crippen LogP contribution in [0.4, 0.5) is 5.69 Å². The van der Waals surface area contributed by atoms with Gasteiger partial charge in [-0.2, -0.15) is 0 Å². The van der Waals surface area contributed by atoms with Crippen molar-refractivity contribution in [2.75, 3.05) is 11.4 Å². The highest BCUT2D eigenvalue weighted by atomic mass is 15.1. The van der Waals surface area contributed by atoms with Gasteiger partial charge < -0.3 is 9.47 Å². The lowest BCUT2D eigenvalue weighted by Gasteiger charge is -2.30. The van der Waals surface area contributed by atoms with Crippen molar-refractivity contribution in [2.45, 2.75) is 60.8 Å². The van der Waals surface area contributed by atoms with Crippen molar-refractivity contribution in [1.82, 2.24) is 4.57 Å². The highest BCUT2D eigenvalue weighted by Crippen LogP contribution is 2.38. The lowest BCUT2D eigenvalue weighted by molar-refractivity contribution is 0.906. The van der Waals surface area contributed by atoms with E-state index in [0.29, 0.717) is 0 Å². The van der Waals surface area contributed by atoms with Gasteiger partial charge in [0, 0.05) is 52.2 Å². The van der Waals surface area contributed by atoms with Crippen molar-refractivity contribution >= 4 is 45.0 Å². The molecular weight excluding hydrogens is 701 g/mol. The Morgan fingerprint density at radius 3 is 2.05 bits per heavy atom. The van der Waals surface area contributed by atoms with Crippen molar-refractivity contribution in [2.24, 2.45) is 0 Å². The van der Waals surface area contributed by atoms with Crippen molar-refractivity contribution in [3.05, 3.63) is 222 Å². The van der Waals surface area contributed by atoms with Crippen LogP contribution in [0.2, 0.25) is 0 Å². The zero-order valence-corrected chi connectivity index (χ0v) is 35.3. The van der Waals surface area contributed by atoms with E-state index in [1.165, 1.54) is 78.9 Å². The second-order valence-corrected chi connectivity index (χ2v) is 14.4. The molecule has 1 aromatic heterocycles. The third kappa shape index (κ3) is 9.25. The average Bonchev–Trinajstić information content (AvgIpc) is 3.42. The van der Waals surface area contributed by atoms with E-state index >= 15 is 0 Å². The lowest BCUT2D eigenvalue weighted by atomic mass is 9.94. The van der Waals surface area contributed by atoms with Gasteiger partial charge in [-0.05, 0) is 95.7 Å². The lowest BCUT2D eigenvalue weighted by Crippen LogP contribution is -2.24. The van der Waals surface area contributed by atoms with E-state index in [1.807, 2.05) is 13.8 Å². The van der Waals surface area contributed by atoms with E-state index < -0.39 is 0 Å². The second-order valence-electron chi connectivity index (χ2n) is 14.4. The van der Waals surface area contributed by atoms with Crippen LogP contribution in [-0.2, 0) is 6.42 Å². The largest absolute Gasteiger partial charge is 0.341 e. The predicted molar refractivity (Wildman–Crippen MR) is 256 cm³/mol. The standard InChI is InChI=1S/C51H44N2.C3H8.C2H6/c1-4-39-18-16-17-33-52(38(3)35-44(41-21-10-6-11-22-41)34-37(2)40-19-8-5-9-20-40)49-31-29-43(36-48(39)49)42-27-30-47-46-25-14-15-26-50(46)53(51(47)32-28-42)45-23-12-7-13-24-45;1-3-2;1-2/h4-16,18-31,34-36H,3,17,32-33H2,1-2H3;3H2,1-2H3;1-2H3/b18-16-,37-34+,39-4+,44-35+;;. The summed E-state index contributed by atoms with van der Waals surface area (Å²) in [6, 6.07) is 47.7. The molecule has 0 bridgehead atoms. The molecule has 2 heterocycles. The molecule has 292 valence electrons. The smallest absolute Gasteiger partial charge is 0.0537 e. The number of hydrogen-bond acceptors (Lipinski definition) is 1. The fourth-order valence-corrected chi connectivity index (χ4v) is 7.71. The van der Waals surface area contributed by atoms with Gasteiger partial charge in [-0.1, -0.05) is 186 Å². The van der Waals surface area contributed by atoms with Crippen molar-refractivity contribution in [3.8, 4) is 5.69 Å². The van der Waals surface area contributed by atoms with Gasteiger partial charge in [-0.25, -0.2) is 0 Å². The maximum Gasteiger partial charge on any atom is 0.0537 e. The first-order chi connectivity index (χ1) is 28.5. The molecule has 0 saturated carbocycles. The molecule has 2 aliphatic rings. The second kappa shape index (κ2) is 20.2. The fourth-order valence-electron chi connectivity index (χ4n) is 7.71. The minimum Gasteiger partial charge on any atom is -0.341 e. The third-order valence-corrected chi connectivity index (χ3v) is 10.4. The van der Waals surface area contributed by atoms with Crippen molar-refractivity contribution < 1.29 is 0 Å². The SMILES string of the molecule is C=C(/C=C(\C=C(/C)c1ccccc1)c1ccccc1)N1CC/C=C\C(=C/C)c2cc(C3=CCc4c(c5ccccc5n4-c4ccccc4)C=C3)ccc21.CC.CCC. The van der Waals surface area contributed by atoms with Gasteiger partial charge in [0.15, 0.2) is 0 Å². The molecule has 0 N–H and O–H groups in total. The molecule has 58 heavy (non-hydrogen) atoms. The molecule has 0 atom stereocenters. The van der Waals surface area contributed by atoms with Gasteiger partial charge in [0.1, 0.15) is 0 Å². The van der Waals surface area contributed by atoms with Crippen LogP contribution in [0.3, 0.4) is 0 Å². The number of fused-ring (bicyclic) bond motifs is 4. The molecule has 1 aliphatic heterocycles. The Labute approximate surface area is 347 Å². The predicted octanol–water partition coefficient (Wildman–Crippen LogP) is 15.6. The van der Waals surface area contributed by atoms with Crippen LogP contribution >= 0.6 is 0 Å². The summed E-state index contributed by atoms with van der Waals surface area (Å²) in [5.74, 6) is 0. The molecule has 8 rings (SSSR count). The summed E-state index contributed by atoms with van der Waals surface area (Å²) in [7, 11) is 0. The number of hydrogen-bond donors (Lipinski definition) is 0.